The van der Waals surface area contributed by atoms with Crippen LogP contribution in [-0.2, 0) is 0 Å². The van der Waals surface area contributed by atoms with Crippen molar-refractivity contribution in [2.24, 2.45) is 0 Å². The second-order valence-electron chi connectivity index (χ2n) is 3.05. The molecule has 5 nitrogen and oxygen atoms in total. The maximum Gasteiger partial charge on any atom is 0.434 e. The van der Waals surface area contributed by atoms with Crippen LogP contribution >= 0.6 is 0 Å². The Morgan fingerprint density at radius 3 is 2.79 bits per heavy atom. The fourth-order valence-corrected chi connectivity index (χ4v) is 1.29. The van der Waals surface area contributed by atoms with Crippen molar-refractivity contribution >= 4 is 5.69 Å². The molecule has 0 aliphatic heterocycles. The summed E-state index contributed by atoms with van der Waals surface area (Å²) in [6.45, 7) is 1.91. The molecule has 0 fully saturated rings. The summed E-state index contributed by atoms with van der Waals surface area (Å²) < 4.78 is 4.80. The quantitative estimate of drug-likeness (QED) is 0.656. The Balaban J connectivity index is 2.56. The van der Waals surface area contributed by atoms with Gasteiger partial charge in [-0.2, -0.15) is 0 Å². The van der Waals surface area contributed by atoms with Gasteiger partial charge in [-0.3, -0.25) is 0 Å². The third kappa shape index (κ3) is 1.52. The zero-order valence-corrected chi connectivity index (χ0v) is 7.57. The summed E-state index contributed by atoms with van der Waals surface area (Å²) in [4.78, 5) is 10.7. The number of aromatic amines is 1. The minimum absolute atomic E-state index is 0.255. The molecule has 14 heavy (non-hydrogen) atoms. The molecule has 0 spiro atoms. The SMILES string of the molecule is Cc1cc(N)cc(-c2n[nH]c(=O)o2)c1. The molecule has 0 aliphatic carbocycles. The van der Waals surface area contributed by atoms with Gasteiger partial charge in [0.1, 0.15) is 0 Å². The van der Waals surface area contributed by atoms with Gasteiger partial charge in [-0.05, 0) is 30.7 Å². The second kappa shape index (κ2) is 3.02. The van der Waals surface area contributed by atoms with Crippen LogP contribution in [0.5, 0.6) is 0 Å². The fraction of sp³-hybridized carbons (Fsp3) is 0.111. The largest absolute Gasteiger partial charge is 0.434 e. The highest BCUT2D eigenvalue weighted by atomic mass is 16.4. The Bertz CT molecular complexity index is 493. The lowest BCUT2D eigenvalue weighted by atomic mass is 10.1. The lowest BCUT2D eigenvalue weighted by molar-refractivity contribution is 0.527. The molecule has 0 atom stereocenters. The maximum absolute atomic E-state index is 10.7. The van der Waals surface area contributed by atoms with E-state index in [9.17, 15) is 4.79 Å². The summed E-state index contributed by atoms with van der Waals surface area (Å²) in [5.74, 6) is -0.314. The van der Waals surface area contributed by atoms with E-state index in [0.717, 1.165) is 5.56 Å². The molecular weight excluding hydrogens is 182 g/mol. The number of anilines is 1. The average molecular weight is 191 g/mol. The molecule has 1 aromatic heterocycles. The van der Waals surface area contributed by atoms with Crippen LogP contribution in [0.2, 0.25) is 0 Å². The molecule has 0 radical (unpaired) electrons. The molecule has 2 rings (SSSR count). The number of H-pyrrole nitrogens is 1. The molecule has 0 bridgehead atoms. The normalized spacial score (nSPS) is 10.4. The zero-order chi connectivity index (χ0) is 10.1. The Kier molecular flexibility index (Phi) is 1.85. The number of aromatic nitrogens is 2. The molecule has 0 amide bonds. The number of nitrogens with zero attached hydrogens (tertiary/aromatic N) is 1. The Labute approximate surface area is 79.6 Å². The zero-order valence-electron chi connectivity index (χ0n) is 7.57. The van der Waals surface area contributed by atoms with Crippen LogP contribution in [-0.4, -0.2) is 10.2 Å². The molecule has 1 heterocycles. The summed E-state index contributed by atoms with van der Waals surface area (Å²) in [5.41, 5.74) is 7.95. The van der Waals surface area contributed by atoms with Gasteiger partial charge >= 0.3 is 5.76 Å². The van der Waals surface area contributed by atoms with Gasteiger partial charge in [0.2, 0.25) is 5.89 Å². The highest BCUT2D eigenvalue weighted by molar-refractivity contribution is 5.61. The number of rotatable bonds is 1. The van der Waals surface area contributed by atoms with E-state index in [1.165, 1.54) is 0 Å². The lowest BCUT2D eigenvalue weighted by Crippen LogP contribution is -1.93. The number of hydrogen-bond acceptors (Lipinski definition) is 4. The van der Waals surface area contributed by atoms with Gasteiger partial charge < -0.3 is 10.2 Å². The van der Waals surface area contributed by atoms with Crippen molar-refractivity contribution in [2.75, 3.05) is 5.73 Å². The third-order valence-electron chi connectivity index (χ3n) is 1.78. The molecule has 3 N–H and O–H groups in total. The number of nitrogen functional groups attached to an aromatic ring is 1. The molecular formula is C9H9N3O2. The van der Waals surface area contributed by atoms with E-state index in [2.05, 4.69) is 10.2 Å². The van der Waals surface area contributed by atoms with E-state index in [1.54, 1.807) is 6.07 Å². The van der Waals surface area contributed by atoms with Crippen LogP contribution in [0.15, 0.2) is 27.4 Å². The predicted octanol–water partition coefficient (Wildman–Crippen LogP) is 0.921. The first kappa shape index (κ1) is 8.55. The molecule has 1 aromatic carbocycles. The van der Waals surface area contributed by atoms with Crippen molar-refractivity contribution in [3.8, 4) is 11.5 Å². The van der Waals surface area contributed by atoms with Gasteiger partial charge in [0, 0.05) is 11.3 Å². The smallest absolute Gasteiger partial charge is 0.399 e. The third-order valence-corrected chi connectivity index (χ3v) is 1.78. The van der Waals surface area contributed by atoms with E-state index in [1.807, 2.05) is 19.1 Å². The van der Waals surface area contributed by atoms with Gasteiger partial charge in [-0.25, -0.2) is 9.89 Å². The summed E-state index contributed by atoms with van der Waals surface area (Å²) in [6, 6.07) is 5.37. The maximum atomic E-state index is 10.7. The van der Waals surface area contributed by atoms with Crippen molar-refractivity contribution in [3.05, 3.63) is 34.3 Å². The molecule has 2 aromatic rings. The van der Waals surface area contributed by atoms with Gasteiger partial charge in [0.25, 0.3) is 0 Å². The molecule has 72 valence electrons. The number of benzene rings is 1. The van der Waals surface area contributed by atoms with E-state index >= 15 is 0 Å². The fourth-order valence-electron chi connectivity index (χ4n) is 1.29. The van der Waals surface area contributed by atoms with Gasteiger partial charge in [-0.15, -0.1) is 5.10 Å². The Hall–Kier alpha value is -2.04. The number of nitrogens with one attached hydrogen (secondary N) is 1. The van der Waals surface area contributed by atoms with Crippen LogP contribution in [0.4, 0.5) is 5.69 Å². The number of aryl methyl sites for hydroxylation is 1. The van der Waals surface area contributed by atoms with Crippen LogP contribution in [0.25, 0.3) is 11.5 Å². The molecule has 0 saturated carbocycles. The first-order valence-corrected chi connectivity index (χ1v) is 4.08. The van der Waals surface area contributed by atoms with E-state index in [0.29, 0.717) is 11.3 Å². The van der Waals surface area contributed by atoms with Crippen LogP contribution in [0.3, 0.4) is 0 Å². The van der Waals surface area contributed by atoms with Crippen molar-refractivity contribution in [1.29, 1.82) is 0 Å². The van der Waals surface area contributed by atoms with Gasteiger partial charge in [0.05, 0.1) is 0 Å². The highest BCUT2D eigenvalue weighted by Crippen LogP contribution is 2.19. The van der Waals surface area contributed by atoms with E-state index in [-0.39, 0.29) is 5.89 Å². The Morgan fingerprint density at radius 2 is 2.21 bits per heavy atom. The summed E-state index contributed by atoms with van der Waals surface area (Å²) in [5, 5.41) is 5.90. The minimum atomic E-state index is -0.569. The summed E-state index contributed by atoms with van der Waals surface area (Å²) in [7, 11) is 0. The van der Waals surface area contributed by atoms with Crippen molar-refractivity contribution in [3.63, 3.8) is 0 Å². The molecule has 0 aliphatic rings. The first-order valence-electron chi connectivity index (χ1n) is 4.08. The van der Waals surface area contributed by atoms with Crippen molar-refractivity contribution in [2.45, 2.75) is 6.92 Å². The molecule has 0 unspecified atom stereocenters. The van der Waals surface area contributed by atoms with Crippen molar-refractivity contribution in [1.82, 2.24) is 10.2 Å². The van der Waals surface area contributed by atoms with Gasteiger partial charge in [0.15, 0.2) is 0 Å². The van der Waals surface area contributed by atoms with E-state index in [4.69, 9.17) is 10.2 Å². The highest BCUT2D eigenvalue weighted by Gasteiger charge is 2.05. The monoisotopic (exact) mass is 191 g/mol. The summed E-state index contributed by atoms with van der Waals surface area (Å²) >= 11 is 0. The van der Waals surface area contributed by atoms with Crippen LogP contribution < -0.4 is 11.5 Å². The molecule has 5 heteroatoms. The average Bonchev–Trinajstić information content (AvgIpc) is 2.50. The van der Waals surface area contributed by atoms with Gasteiger partial charge in [-0.1, -0.05) is 0 Å². The standard InChI is InChI=1S/C9H9N3O2/c1-5-2-6(4-7(10)3-5)8-11-12-9(13)14-8/h2-4H,10H2,1H3,(H,12,13). The number of nitrogens with two attached hydrogens (primary N) is 1. The van der Waals surface area contributed by atoms with Crippen LogP contribution in [0, 0.1) is 6.92 Å². The topological polar surface area (TPSA) is 84.9 Å². The van der Waals surface area contributed by atoms with Crippen molar-refractivity contribution < 1.29 is 4.42 Å². The first-order chi connectivity index (χ1) is 6.65. The second-order valence-corrected chi connectivity index (χ2v) is 3.05. The number of hydrogen-bond donors (Lipinski definition) is 2. The van der Waals surface area contributed by atoms with Crippen LogP contribution in [0.1, 0.15) is 5.56 Å². The molecule has 0 saturated heterocycles. The summed E-state index contributed by atoms with van der Waals surface area (Å²) in [6.07, 6.45) is 0. The Morgan fingerprint density at radius 1 is 1.43 bits per heavy atom. The minimum Gasteiger partial charge on any atom is -0.399 e. The lowest BCUT2D eigenvalue weighted by Gasteiger charge is -1.99. The predicted molar refractivity (Wildman–Crippen MR) is 51.7 cm³/mol. The van der Waals surface area contributed by atoms with E-state index < -0.39 is 5.76 Å².